The van der Waals surface area contributed by atoms with Gasteiger partial charge in [0.15, 0.2) is 4.67 Å². The summed E-state index contributed by atoms with van der Waals surface area (Å²) in [4.78, 5) is 12.0. The van der Waals surface area contributed by atoms with E-state index in [1.54, 1.807) is 6.07 Å². The smallest absolute Gasteiger partial charge is 0.256 e. The molecule has 0 saturated heterocycles. The first-order chi connectivity index (χ1) is 8.72. The van der Waals surface area contributed by atoms with Crippen LogP contribution in [0.1, 0.15) is 22.0 Å². The number of hydrogen-bond donors (Lipinski definition) is 1. The summed E-state index contributed by atoms with van der Waals surface area (Å²) in [7, 11) is 0. The zero-order chi connectivity index (χ0) is 13.0. The molecule has 3 nitrogen and oxygen atoms in total. The summed E-state index contributed by atoms with van der Waals surface area (Å²) in [5, 5.41) is 3.60. The van der Waals surface area contributed by atoms with Gasteiger partial charge in [-0.1, -0.05) is 46.3 Å². The first kappa shape index (κ1) is 13.4. The van der Waals surface area contributed by atoms with Gasteiger partial charge in [0.05, 0.1) is 17.9 Å². The van der Waals surface area contributed by atoms with Crippen molar-refractivity contribution in [2.45, 2.75) is 6.04 Å². The second kappa shape index (κ2) is 6.20. The van der Waals surface area contributed by atoms with Crippen molar-refractivity contribution in [1.82, 2.24) is 5.32 Å². The standard InChI is InChI=1S/C13H11Br2NO2/c14-8-11(9-4-2-1-3-5-9)16-13(17)10-6-7-18-12(10)15/h1-7,11H,8H2,(H,16,17). The molecule has 2 aromatic rings. The summed E-state index contributed by atoms with van der Waals surface area (Å²) in [6, 6.07) is 11.4. The normalized spacial score (nSPS) is 12.1. The van der Waals surface area contributed by atoms with Crippen LogP contribution in [0.2, 0.25) is 0 Å². The first-order valence-electron chi connectivity index (χ1n) is 5.37. The van der Waals surface area contributed by atoms with Gasteiger partial charge in [-0.2, -0.15) is 0 Å². The van der Waals surface area contributed by atoms with E-state index in [0.29, 0.717) is 15.6 Å². The van der Waals surface area contributed by atoms with E-state index >= 15 is 0 Å². The molecule has 0 spiro atoms. The van der Waals surface area contributed by atoms with Crippen LogP contribution in [0.5, 0.6) is 0 Å². The average Bonchev–Trinajstić information content (AvgIpc) is 2.83. The van der Waals surface area contributed by atoms with Gasteiger partial charge in [0.2, 0.25) is 0 Å². The van der Waals surface area contributed by atoms with E-state index in [0.717, 1.165) is 5.56 Å². The largest absolute Gasteiger partial charge is 0.457 e. The lowest BCUT2D eigenvalue weighted by atomic mass is 10.1. The molecule has 0 radical (unpaired) electrons. The number of alkyl halides is 1. The molecule has 0 aliphatic rings. The highest BCUT2D eigenvalue weighted by atomic mass is 79.9. The lowest BCUT2D eigenvalue weighted by Crippen LogP contribution is -2.29. The summed E-state index contributed by atoms with van der Waals surface area (Å²) < 4.78 is 5.50. The fourth-order valence-corrected chi connectivity index (χ4v) is 2.54. The van der Waals surface area contributed by atoms with Gasteiger partial charge in [-0.3, -0.25) is 4.79 Å². The maximum atomic E-state index is 12.0. The van der Waals surface area contributed by atoms with Gasteiger partial charge in [0, 0.05) is 5.33 Å². The quantitative estimate of drug-likeness (QED) is 0.826. The SMILES string of the molecule is O=C(NC(CBr)c1ccccc1)c1ccoc1Br. The van der Waals surface area contributed by atoms with E-state index in [2.05, 4.69) is 37.2 Å². The third-order valence-electron chi connectivity index (χ3n) is 2.52. The minimum absolute atomic E-state index is 0.0690. The minimum Gasteiger partial charge on any atom is -0.457 e. The van der Waals surface area contributed by atoms with Gasteiger partial charge in [0.25, 0.3) is 5.91 Å². The number of furan rings is 1. The molecule has 1 N–H and O–H groups in total. The van der Waals surface area contributed by atoms with Crippen LogP contribution in [0.3, 0.4) is 0 Å². The molecule has 1 amide bonds. The Bertz CT molecular complexity index is 525. The van der Waals surface area contributed by atoms with E-state index in [1.165, 1.54) is 6.26 Å². The Morgan fingerprint density at radius 3 is 2.56 bits per heavy atom. The van der Waals surface area contributed by atoms with Crippen LogP contribution in [0.4, 0.5) is 0 Å². The maximum Gasteiger partial charge on any atom is 0.256 e. The van der Waals surface area contributed by atoms with Crippen LogP contribution in [-0.4, -0.2) is 11.2 Å². The first-order valence-corrected chi connectivity index (χ1v) is 7.28. The Balaban J connectivity index is 2.13. The van der Waals surface area contributed by atoms with Crippen molar-refractivity contribution in [2.24, 2.45) is 0 Å². The molecular weight excluding hydrogens is 362 g/mol. The molecular formula is C13H11Br2NO2. The molecule has 1 unspecified atom stereocenters. The molecule has 1 heterocycles. The number of carbonyl (C=O) groups is 1. The molecule has 18 heavy (non-hydrogen) atoms. The van der Waals surface area contributed by atoms with E-state index in [4.69, 9.17) is 4.42 Å². The number of hydrogen-bond acceptors (Lipinski definition) is 2. The second-order valence-electron chi connectivity index (χ2n) is 3.70. The number of nitrogens with one attached hydrogen (secondary N) is 1. The highest BCUT2D eigenvalue weighted by Gasteiger charge is 2.17. The Morgan fingerprint density at radius 2 is 2.00 bits per heavy atom. The predicted molar refractivity (Wildman–Crippen MR) is 76.9 cm³/mol. The highest BCUT2D eigenvalue weighted by molar-refractivity contribution is 9.10. The highest BCUT2D eigenvalue weighted by Crippen LogP contribution is 2.20. The lowest BCUT2D eigenvalue weighted by Gasteiger charge is -2.16. The molecule has 1 aromatic heterocycles. The van der Waals surface area contributed by atoms with Crippen molar-refractivity contribution < 1.29 is 9.21 Å². The van der Waals surface area contributed by atoms with Gasteiger partial charge in [-0.05, 0) is 27.6 Å². The predicted octanol–water partition coefficient (Wildman–Crippen LogP) is 3.91. The van der Waals surface area contributed by atoms with Gasteiger partial charge in [0.1, 0.15) is 0 Å². The summed E-state index contributed by atoms with van der Waals surface area (Å²) in [5.41, 5.74) is 1.55. The molecule has 2 rings (SSSR count). The zero-order valence-corrected chi connectivity index (χ0v) is 12.6. The molecule has 0 fully saturated rings. The van der Waals surface area contributed by atoms with Crippen molar-refractivity contribution in [3.8, 4) is 0 Å². The molecule has 5 heteroatoms. The van der Waals surface area contributed by atoms with Gasteiger partial charge >= 0.3 is 0 Å². The molecule has 0 aliphatic carbocycles. The summed E-state index contributed by atoms with van der Waals surface area (Å²) in [5.74, 6) is -0.163. The number of halogens is 2. The van der Waals surface area contributed by atoms with Crippen molar-refractivity contribution in [1.29, 1.82) is 0 Å². The van der Waals surface area contributed by atoms with Gasteiger partial charge in [-0.25, -0.2) is 0 Å². The number of amides is 1. The van der Waals surface area contributed by atoms with Crippen LogP contribution in [-0.2, 0) is 0 Å². The molecule has 0 bridgehead atoms. The Labute approximate surface area is 122 Å². The lowest BCUT2D eigenvalue weighted by molar-refractivity contribution is 0.0939. The Kier molecular flexibility index (Phi) is 4.60. The van der Waals surface area contributed by atoms with E-state index < -0.39 is 0 Å². The second-order valence-corrected chi connectivity index (χ2v) is 5.07. The molecule has 0 aliphatic heterocycles. The Hall–Kier alpha value is -1.07. The van der Waals surface area contributed by atoms with Crippen molar-refractivity contribution in [3.63, 3.8) is 0 Å². The number of carbonyl (C=O) groups excluding carboxylic acids is 1. The van der Waals surface area contributed by atoms with E-state index in [1.807, 2.05) is 30.3 Å². The topological polar surface area (TPSA) is 42.2 Å². The number of rotatable bonds is 4. The van der Waals surface area contributed by atoms with Gasteiger partial charge in [-0.15, -0.1) is 0 Å². The molecule has 94 valence electrons. The fourth-order valence-electron chi connectivity index (χ4n) is 1.59. The fraction of sp³-hybridized carbons (Fsp3) is 0.154. The third kappa shape index (κ3) is 3.03. The summed E-state index contributed by atoms with van der Waals surface area (Å²) >= 11 is 6.61. The maximum absolute atomic E-state index is 12.0. The van der Waals surface area contributed by atoms with E-state index in [-0.39, 0.29) is 11.9 Å². The minimum atomic E-state index is -0.163. The summed E-state index contributed by atoms with van der Waals surface area (Å²) in [6.45, 7) is 0. The van der Waals surface area contributed by atoms with Crippen LogP contribution < -0.4 is 5.32 Å². The van der Waals surface area contributed by atoms with Crippen LogP contribution in [0.25, 0.3) is 0 Å². The monoisotopic (exact) mass is 371 g/mol. The van der Waals surface area contributed by atoms with Crippen LogP contribution in [0, 0.1) is 0 Å². The van der Waals surface area contributed by atoms with Gasteiger partial charge < -0.3 is 9.73 Å². The zero-order valence-electron chi connectivity index (χ0n) is 9.40. The third-order valence-corrected chi connectivity index (χ3v) is 3.79. The molecule has 1 atom stereocenters. The molecule has 1 aromatic carbocycles. The summed E-state index contributed by atoms with van der Waals surface area (Å²) in [6.07, 6.45) is 1.48. The Morgan fingerprint density at radius 1 is 1.28 bits per heavy atom. The van der Waals surface area contributed by atoms with Crippen LogP contribution >= 0.6 is 31.9 Å². The van der Waals surface area contributed by atoms with Crippen LogP contribution in [0.15, 0.2) is 51.7 Å². The van der Waals surface area contributed by atoms with Crippen molar-refractivity contribution >= 4 is 37.8 Å². The van der Waals surface area contributed by atoms with Crippen molar-refractivity contribution in [2.75, 3.05) is 5.33 Å². The van der Waals surface area contributed by atoms with Crippen molar-refractivity contribution in [3.05, 3.63) is 58.5 Å². The average molecular weight is 373 g/mol. The molecule has 0 saturated carbocycles. The van der Waals surface area contributed by atoms with E-state index in [9.17, 15) is 4.79 Å². The number of benzene rings is 1.